The summed E-state index contributed by atoms with van der Waals surface area (Å²) in [7, 11) is 3.24. The molecular weight excluding hydrogens is 931 g/mol. The number of cyclic esters (lactones) is 1. The first-order valence-electron chi connectivity index (χ1n) is 25.7. The van der Waals surface area contributed by atoms with Crippen molar-refractivity contribution in [3.05, 3.63) is 65.7 Å². The Morgan fingerprint density at radius 2 is 1.82 bits per heavy atom. The number of esters is 1. The third kappa shape index (κ3) is 11.9. The van der Waals surface area contributed by atoms with Crippen molar-refractivity contribution in [2.75, 3.05) is 73.2 Å². The second-order valence-electron chi connectivity index (χ2n) is 21.0. The number of ether oxygens (including phenoxy) is 3. The minimum absolute atomic E-state index is 0.0243. The SMILES string of the molecule is CCn1c(-c2cncnc2[C@H](C)OC)c2c3cc(ccc31)-c1cc(O)cc(c1)C[C@H](NC(=O)C(C(C)C)N(C)C(=O)[C@H]1CCN(C(=O)C#CCN3CCOCC3)C1)C(=O)N1CCC[C@H](N1)C(=O)OCC(C)(C)C2. The van der Waals surface area contributed by atoms with E-state index in [-0.39, 0.29) is 55.7 Å². The Bertz CT molecular complexity index is 2770. The molecule has 3 N–H and O–H groups in total. The topological polar surface area (TPSA) is 201 Å². The predicted molar refractivity (Wildman–Crippen MR) is 274 cm³/mol. The zero-order chi connectivity index (χ0) is 52.1. The van der Waals surface area contributed by atoms with E-state index in [2.05, 4.69) is 74.9 Å². The van der Waals surface area contributed by atoms with E-state index in [1.165, 1.54) is 16.2 Å². The summed E-state index contributed by atoms with van der Waals surface area (Å²) in [5.41, 5.74) is 9.14. The third-order valence-electron chi connectivity index (χ3n) is 14.7. The minimum Gasteiger partial charge on any atom is -0.508 e. The van der Waals surface area contributed by atoms with Gasteiger partial charge in [-0.1, -0.05) is 45.7 Å². The summed E-state index contributed by atoms with van der Waals surface area (Å²) in [5, 5.41) is 16.8. The molecule has 4 aliphatic rings. The highest BCUT2D eigenvalue weighted by molar-refractivity contribution is 5.97. The predicted octanol–water partition coefficient (Wildman–Crippen LogP) is 4.51. The number of nitrogens with one attached hydrogen (secondary N) is 2. The lowest BCUT2D eigenvalue weighted by atomic mass is 9.84. The summed E-state index contributed by atoms with van der Waals surface area (Å²) in [5.74, 6) is 2.62. The number of nitrogens with zero attached hydrogens (tertiary/aromatic N) is 7. The van der Waals surface area contributed by atoms with Gasteiger partial charge in [0.15, 0.2) is 0 Å². The molecule has 6 heterocycles. The second kappa shape index (κ2) is 22.8. The third-order valence-corrected chi connectivity index (χ3v) is 14.7. The smallest absolute Gasteiger partial charge is 0.324 e. The van der Waals surface area contributed by atoms with Gasteiger partial charge in [0, 0.05) is 87.9 Å². The number of hydrogen-bond acceptors (Lipinski definition) is 13. The monoisotopic (exact) mass is 1000 g/mol. The number of hydrazine groups is 1. The maximum atomic E-state index is 14.8. The first-order chi connectivity index (χ1) is 35.0. The van der Waals surface area contributed by atoms with Gasteiger partial charge in [0.25, 0.3) is 11.8 Å². The molecule has 5 atom stereocenters. The van der Waals surface area contributed by atoms with Crippen molar-refractivity contribution < 1.29 is 43.3 Å². The number of likely N-dealkylation sites (tertiary alicyclic amines) is 1. The van der Waals surface area contributed by atoms with Crippen LogP contribution in [0.5, 0.6) is 5.75 Å². The molecular formula is C55H71N9O9. The number of phenols is 1. The number of methoxy groups -OCH3 is 1. The number of fused-ring (bicyclic) bond motifs is 6. The van der Waals surface area contributed by atoms with Gasteiger partial charge >= 0.3 is 5.97 Å². The molecule has 2 aromatic carbocycles. The molecule has 0 spiro atoms. The van der Waals surface area contributed by atoms with Crippen molar-refractivity contribution in [1.29, 1.82) is 0 Å². The fourth-order valence-corrected chi connectivity index (χ4v) is 10.8. The quantitative estimate of drug-likeness (QED) is 0.148. The highest BCUT2D eigenvalue weighted by Crippen LogP contribution is 2.42. The van der Waals surface area contributed by atoms with Gasteiger partial charge in [-0.15, -0.1) is 0 Å². The Morgan fingerprint density at radius 1 is 1.04 bits per heavy atom. The lowest BCUT2D eigenvalue weighted by molar-refractivity contribution is -0.155. The van der Waals surface area contributed by atoms with Crippen LogP contribution in [0.4, 0.5) is 0 Å². The van der Waals surface area contributed by atoms with Gasteiger partial charge in [-0.05, 0) is 97.9 Å². The number of benzene rings is 2. The number of carbonyl (C=O) groups excluding carboxylic acids is 5. The van der Waals surface area contributed by atoms with Gasteiger partial charge in [-0.2, -0.15) is 0 Å². The Hall–Kier alpha value is -6.39. The molecule has 18 heteroatoms. The molecule has 3 fully saturated rings. The number of amides is 4. The number of likely N-dealkylation sites (N-methyl/N-ethyl adjacent to an activating group) is 1. The van der Waals surface area contributed by atoms with Crippen molar-refractivity contribution in [3.63, 3.8) is 0 Å². The Kier molecular flexibility index (Phi) is 16.5. The maximum absolute atomic E-state index is 14.8. The normalized spacial score (nSPS) is 21.5. The van der Waals surface area contributed by atoms with Crippen molar-refractivity contribution >= 4 is 40.5 Å². The lowest BCUT2D eigenvalue weighted by Crippen LogP contribution is -2.62. The largest absolute Gasteiger partial charge is 0.508 e. The van der Waals surface area contributed by atoms with E-state index < -0.39 is 47.2 Å². The average molecular weight is 1000 g/mol. The highest BCUT2D eigenvalue weighted by Gasteiger charge is 2.40. The number of aromatic nitrogens is 3. The molecule has 8 rings (SSSR count). The van der Waals surface area contributed by atoms with Crippen LogP contribution in [-0.4, -0.2) is 160 Å². The van der Waals surface area contributed by atoms with Crippen LogP contribution < -0.4 is 10.7 Å². The molecule has 4 aromatic rings. The summed E-state index contributed by atoms with van der Waals surface area (Å²) in [6.45, 7) is 16.6. The molecule has 0 aliphatic carbocycles. The molecule has 6 bridgehead atoms. The Balaban J connectivity index is 1.11. The number of rotatable bonds is 10. The molecule has 4 aliphatic heterocycles. The fourth-order valence-electron chi connectivity index (χ4n) is 10.8. The molecule has 390 valence electrons. The summed E-state index contributed by atoms with van der Waals surface area (Å²) < 4.78 is 19.6. The molecule has 18 nitrogen and oxygen atoms in total. The van der Waals surface area contributed by atoms with Gasteiger partial charge in [0.1, 0.15) is 30.2 Å². The van der Waals surface area contributed by atoms with E-state index >= 15 is 0 Å². The summed E-state index contributed by atoms with van der Waals surface area (Å²) in [6, 6.07) is 8.37. The van der Waals surface area contributed by atoms with Gasteiger partial charge < -0.3 is 39.0 Å². The summed E-state index contributed by atoms with van der Waals surface area (Å²) >= 11 is 0. The van der Waals surface area contributed by atoms with Gasteiger partial charge in [-0.25, -0.2) is 15.4 Å². The number of aromatic hydroxyl groups is 1. The molecule has 73 heavy (non-hydrogen) atoms. The number of phenolic OH excluding ortho intramolecular Hbond substituents is 1. The van der Waals surface area contributed by atoms with Crippen LogP contribution in [0.25, 0.3) is 33.3 Å². The number of aryl methyl sites for hydroxylation is 1. The highest BCUT2D eigenvalue weighted by atomic mass is 16.5. The minimum atomic E-state index is -1.19. The molecule has 0 radical (unpaired) electrons. The summed E-state index contributed by atoms with van der Waals surface area (Å²) in [6.07, 6.45) is 4.84. The van der Waals surface area contributed by atoms with Crippen molar-refractivity contribution in [1.82, 2.24) is 45.0 Å². The molecule has 0 saturated carbocycles. The van der Waals surface area contributed by atoms with Gasteiger partial charge in [-0.3, -0.25) is 33.9 Å². The number of morpholine rings is 1. The van der Waals surface area contributed by atoms with Crippen LogP contribution in [0, 0.1) is 29.1 Å². The lowest BCUT2D eigenvalue weighted by Gasteiger charge is -2.37. The van der Waals surface area contributed by atoms with Gasteiger partial charge in [0.2, 0.25) is 11.8 Å². The zero-order valence-corrected chi connectivity index (χ0v) is 43.5. The van der Waals surface area contributed by atoms with E-state index in [0.717, 1.165) is 52.1 Å². The molecule has 1 unspecified atom stereocenters. The van der Waals surface area contributed by atoms with Crippen LogP contribution in [0.2, 0.25) is 0 Å². The van der Waals surface area contributed by atoms with Crippen LogP contribution in [-0.2, 0) is 57.6 Å². The van der Waals surface area contributed by atoms with E-state index in [9.17, 15) is 29.1 Å². The first-order valence-corrected chi connectivity index (χ1v) is 25.7. The van der Waals surface area contributed by atoms with E-state index in [0.29, 0.717) is 69.7 Å². The van der Waals surface area contributed by atoms with Crippen LogP contribution in [0.3, 0.4) is 0 Å². The van der Waals surface area contributed by atoms with E-state index in [4.69, 9.17) is 14.2 Å². The number of carbonyl (C=O) groups is 5. The Morgan fingerprint density at radius 3 is 2.56 bits per heavy atom. The standard InChI is InChI=1S/C55H71N9O9/c1-9-63-46-15-14-37-28-41(46)42(50(63)43-30-56-33-57-48(43)35(4)71-8)29-55(5,6)32-73-54(70)44-12-10-18-64(59-44)53(69)45(26-36-24-39(37)27-40(65)25-36)58-51(67)49(34(2)3)60(7)52(68)38-16-19-62(31-38)47(66)13-11-17-61-20-22-72-23-21-61/h14-15,24-25,27-28,30,33-35,38,44-45,49,59,65H,9-10,12,16-23,26,29,31-32H2,1-8H3,(H,58,67)/t35-,38-,44-,45-,49?/m0/s1. The van der Waals surface area contributed by atoms with Crippen molar-refractivity contribution in [2.24, 2.45) is 17.3 Å². The van der Waals surface area contributed by atoms with Crippen molar-refractivity contribution in [2.45, 2.75) is 104 Å². The second-order valence-corrected chi connectivity index (χ2v) is 21.0. The van der Waals surface area contributed by atoms with Gasteiger partial charge in [0.05, 0.1) is 49.8 Å². The van der Waals surface area contributed by atoms with Crippen LogP contribution >= 0.6 is 0 Å². The van der Waals surface area contributed by atoms with E-state index in [1.807, 2.05) is 39.1 Å². The molecule has 4 amide bonds. The fraction of sp³-hybridized carbons (Fsp3) is 0.545. The van der Waals surface area contributed by atoms with Crippen LogP contribution in [0.1, 0.15) is 83.7 Å². The average Bonchev–Trinajstić information content (AvgIpc) is 4.00. The first kappa shape index (κ1) is 52.9. The zero-order valence-electron chi connectivity index (χ0n) is 43.5. The molecule has 3 saturated heterocycles. The Labute approximate surface area is 428 Å². The maximum Gasteiger partial charge on any atom is 0.324 e. The van der Waals surface area contributed by atoms with Crippen molar-refractivity contribution in [3.8, 4) is 40.0 Å². The van der Waals surface area contributed by atoms with E-state index in [1.54, 1.807) is 31.2 Å². The number of hydrogen-bond donors (Lipinski definition) is 3. The van der Waals surface area contributed by atoms with Crippen LogP contribution in [0.15, 0.2) is 48.9 Å². The molecule has 2 aromatic heterocycles. The summed E-state index contributed by atoms with van der Waals surface area (Å²) in [4.78, 5) is 85.1.